The number of hydrogen-bond donors (Lipinski definition) is 2. The van der Waals surface area contributed by atoms with Gasteiger partial charge in [-0.05, 0) is 13.3 Å². The lowest BCUT2D eigenvalue weighted by molar-refractivity contribution is 0.0744. The fourth-order valence-corrected chi connectivity index (χ4v) is 2.84. The molecule has 0 aromatic heterocycles. The molecule has 0 aromatic carbocycles. The van der Waals surface area contributed by atoms with E-state index in [0.717, 1.165) is 0 Å². The van der Waals surface area contributed by atoms with Crippen LogP contribution in [0.5, 0.6) is 0 Å². The smallest absolute Gasteiger partial charge is 0.350 e. The molecule has 0 aromatic rings. The number of amides is 2. The van der Waals surface area contributed by atoms with Crippen LogP contribution in [0.2, 0.25) is 0 Å². The highest BCUT2D eigenvalue weighted by atomic mass is 28.3. The second kappa shape index (κ2) is 8.66. The molecule has 2 amide bonds. The van der Waals surface area contributed by atoms with Gasteiger partial charge in [0.1, 0.15) is 0 Å². The molecule has 6 nitrogen and oxygen atoms in total. The summed E-state index contributed by atoms with van der Waals surface area (Å²) in [6.07, 6.45) is 0.648. The molecule has 1 unspecified atom stereocenters. The summed E-state index contributed by atoms with van der Waals surface area (Å²) in [6.45, 7) is 2.97. The van der Waals surface area contributed by atoms with E-state index in [-0.39, 0.29) is 5.73 Å². The van der Waals surface area contributed by atoms with Crippen LogP contribution >= 0.6 is 0 Å². The molecule has 0 radical (unpaired) electrons. The third-order valence-electron chi connectivity index (χ3n) is 1.88. The molecule has 0 aliphatic rings. The zero-order valence-electron chi connectivity index (χ0n) is 9.49. The summed E-state index contributed by atoms with van der Waals surface area (Å²) in [5.41, 5.74) is 4.88. The van der Waals surface area contributed by atoms with Crippen molar-refractivity contribution in [1.82, 2.24) is 5.32 Å². The Labute approximate surface area is 91.9 Å². The van der Waals surface area contributed by atoms with Crippen molar-refractivity contribution in [1.29, 1.82) is 0 Å². The highest BCUT2D eigenvalue weighted by Gasteiger charge is 2.24. The van der Waals surface area contributed by atoms with E-state index >= 15 is 0 Å². The molecule has 0 fully saturated rings. The van der Waals surface area contributed by atoms with Gasteiger partial charge >= 0.3 is 15.3 Å². The Morgan fingerprint density at radius 3 is 2.47 bits per heavy atom. The van der Waals surface area contributed by atoms with Gasteiger partial charge in [0.2, 0.25) is 0 Å². The first-order valence-electron chi connectivity index (χ1n) is 4.86. The van der Waals surface area contributed by atoms with Crippen molar-refractivity contribution in [3.05, 3.63) is 0 Å². The predicted octanol–water partition coefficient (Wildman–Crippen LogP) is -0.498. The highest BCUT2D eigenvalue weighted by Crippen LogP contribution is 2.04. The first-order chi connectivity index (χ1) is 7.15. The molecule has 3 N–H and O–H groups in total. The lowest BCUT2D eigenvalue weighted by Gasteiger charge is -2.22. The van der Waals surface area contributed by atoms with Crippen molar-refractivity contribution in [3.63, 3.8) is 0 Å². The third kappa shape index (κ3) is 6.45. The Bertz CT molecular complexity index is 178. The quantitative estimate of drug-likeness (QED) is 0.557. The number of ether oxygens (including phenoxy) is 1. The second-order valence-corrected chi connectivity index (χ2v) is 5.34. The number of primary amides is 1. The van der Waals surface area contributed by atoms with E-state index in [4.69, 9.17) is 19.3 Å². The lowest BCUT2D eigenvalue weighted by atomic mass is 10.4. The number of carbonyl (C=O) groups excluding carboxylic acids is 1. The zero-order valence-corrected chi connectivity index (χ0v) is 10.6. The van der Waals surface area contributed by atoms with Crippen molar-refractivity contribution in [2.24, 2.45) is 5.73 Å². The fourth-order valence-electron chi connectivity index (χ4n) is 1.25. The summed E-state index contributed by atoms with van der Waals surface area (Å²) in [4.78, 5) is 10.5. The number of rotatable bonds is 8. The normalized spacial score (nSPS) is 12.8. The molecular formula is C8H20N2O4Si. The Morgan fingerprint density at radius 1 is 1.47 bits per heavy atom. The Morgan fingerprint density at radius 2 is 2.07 bits per heavy atom. The van der Waals surface area contributed by atoms with Gasteiger partial charge in [0.25, 0.3) is 0 Å². The Kier molecular flexibility index (Phi) is 8.29. The number of nitrogens with one attached hydrogen (secondary N) is 1. The largest absolute Gasteiger partial charge is 0.398 e. The Hall–Kier alpha value is -0.633. The lowest BCUT2D eigenvalue weighted by Crippen LogP contribution is -2.41. The summed E-state index contributed by atoms with van der Waals surface area (Å²) in [7, 11) is 1.41. The van der Waals surface area contributed by atoms with Gasteiger partial charge in [-0.15, -0.1) is 0 Å². The van der Waals surface area contributed by atoms with Gasteiger partial charge in [0, 0.05) is 27.4 Å². The summed E-state index contributed by atoms with van der Waals surface area (Å²) in [5, 5.41) is 2.51. The first-order valence-corrected chi connectivity index (χ1v) is 6.47. The summed E-state index contributed by atoms with van der Waals surface area (Å²) >= 11 is 0. The summed E-state index contributed by atoms with van der Waals surface area (Å²) in [5.74, 6) is 0. The van der Waals surface area contributed by atoms with Crippen LogP contribution in [0, 0.1) is 0 Å². The van der Waals surface area contributed by atoms with Crippen molar-refractivity contribution >= 4 is 15.3 Å². The van der Waals surface area contributed by atoms with Crippen molar-refractivity contribution in [2.75, 3.05) is 27.4 Å². The van der Waals surface area contributed by atoms with Crippen LogP contribution in [0.1, 0.15) is 13.3 Å². The first kappa shape index (κ1) is 14.4. The topological polar surface area (TPSA) is 82.8 Å². The minimum atomic E-state index is -1.80. The third-order valence-corrected chi connectivity index (χ3v) is 3.94. The van der Waals surface area contributed by atoms with E-state index in [1.807, 2.05) is 6.92 Å². The van der Waals surface area contributed by atoms with E-state index in [9.17, 15) is 4.79 Å². The molecule has 1 atom stereocenters. The van der Waals surface area contributed by atoms with Crippen LogP contribution in [0.25, 0.3) is 0 Å². The molecule has 0 bridgehead atoms. The molecule has 0 heterocycles. The monoisotopic (exact) mass is 236 g/mol. The van der Waals surface area contributed by atoms with E-state index < -0.39 is 15.3 Å². The van der Waals surface area contributed by atoms with Gasteiger partial charge < -0.3 is 24.6 Å². The standard InChI is InChI=1S/C8H20N2O4Si/c1-4-14-7(15(12-2)13-3)5-6-10-8(9)11/h7,15H,4-6H2,1-3H3,(H3,9,10,11). The molecule has 0 aliphatic heterocycles. The molecule has 0 saturated heterocycles. The maximum absolute atomic E-state index is 10.5. The van der Waals surface area contributed by atoms with Gasteiger partial charge in [-0.2, -0.15) is 0 Å². The minimum Gasteiger partial charge on any atom is -0.398 e. The van der Waals surface area contributed by atoms with Crippen molar-refractivity contribution in [2.45, 2.75) is 19.1 Å². The van der Waals surface area contributed by atoms with Crippen LogP contribution in [-0.2, 0) is 13.6 Å². The Balaban J connectivity index is 3.96. The SMILES string of the molecule is CCOC(CCNC(N)=O)[SiH](OC)OC. The van der Waals surface area contributed by atoms with Gasteiger partial charge in [-0.1, -0.05) is 0 Å². The predicted molar refractivity (Wildman–Crippen MR) is 58.8 cm³/mol. The molecule has 0 spiro atoms. The minimum absolute atomic E-state index is 0.0724. The van der Waals surface area contributed by atoms with Crippen LogP contribution in [0.15, 0.2) is 0 Å². The number of hydrogen-bond acceptors (Lipinski definition) is 4. The molecule has 15 heavy (non-hydrogen) atoms. The van der Waals surface area contributed by atoms with Crippen LogP contribution in [0.3, 0.4) is 0 Å². The zero-order chi connectivity index (χ0) is 11.7. The van der Waals surface area contributed by atoms with Crippen LogP contribution in [0.4, 0.5) is 4.79 Å². The van der Waals surface area contributed by atoms with Gasteiger partial charge in [-0.25, -0.2) is 4.79 Å². The number of carbonyl (C=O) groups is 1. The highest BCUT2D eigenvalue weighted by molar-refractivity contribution is 6.45. The molecule has 7 heteroatoms. The average molecular weight is 236 g/mol. The molecular weight excluding hydrogens is 216 g/mol. The molecule has 0 rings (SSSR count). The number of nitrogens with two attached hydrogens (primary N) is 1. The maximum Gasteiger partial charge on any atom is 0.350 e. The molecule has 0 aliphatic carbocycles. The van der Waals surface area contributed by atoms with E-state index in [2.05, 4.69) is 5.32 Å². The maximum atomic E-state index is 10.5. The van der Waals surface area contributed by atoms with Gasteiger partial charge in [0.15, 0.2) is 0 Å². The summed E-state index contributed by atoms with van der Waals surface area (Å²) in [6, 6.07) is -0.529. The van der Waals surface area contributed by atoms with E-state index in [0.29, 0.717) is 19.6 Å². The van der Waals surface area contributed by atoms with Gasteiger partial charge in [0.05, 0.1) is 5.73 Å². The second-order valence-electron chi connectivity index (χ2n) is 2.91. The van der Waals surface area contributed by atoms with Crippen LogP contribution < -0.4 is 11.1 Å². The fraction of sp³-hybridized carbons (Fsp3) is 0.875. The van der Waals surface area contributed by atoms with Crippen molar-refractivity contribution in [3.8, 4) is 0 Å². The molecule has 0 saturated carbocycles. The van der Waals surface area contributed by atoms with E-state index in [1.54, 1.807) is 14.2 Å². The number of urea groups is 1. The summed E-state index contributed by atoms with van der Waals surface area (Å²) < 4.78 is 15.9. The van der Waals surface area contributed by atoms with E-state index in [1.165, 1.54) is 0 Å². The van der Waals surface area contributed by atoms with Crippen LogP contribution in [-0.4, -0.2) is 48.4 Å². The molecule has 90 valence electrons. The van der Waals surface area contributed by atoms with Gasteiger partial charge in [-0.3, -0.25) is 0 Å². The van der Waals surface area contributed by atoms with Crippen molar-refractivity contribution < 1.29 is 18.4 Å². The average Bonchev–Trinajstić information content (AvgIpc) is 2.19.